The molecule has 1 atom stereocenters. The molecule has 1 unspecified atom stereocenters. The van der Waals surface area contributed by atoms with Crippen molar-refractivity contribution in [3.05, 3.63) is 18.5 Å². The fraction of sp³-hybridized carbons (Fsp3) is 0.643. The molecule has 1 N–H and O–H groups in total. The molecule has 2 heterocycles. The van der Waals surface area contributed by atoms with Crippen molar-refractivity contribution in [2.24, 2.45) is 0 Å². The van der Waals surface area contributed by atoms with Crippen LogP contribution in [0, 0.1) is 0 Å². The molecule has 2 rings (SSSR count). The molecule has 0 radical (unpaired) electrons. The smallest absolute Gasteiger partial charge is 0.140 e. The Bertz CT molecular complexity index is 362. The second-order valence-electron chi connectivity index (χ2n) is 4.81. The van der Waals surface area contributed by atoms with E-state index in [-0.39, 0.29) is 6.10 Å². The van der Waals surface area contributed by atoms with Crippen LogP contribution in [0.3, 0.4) is 0 Å². The summed E-state index contributed by atoms with van der Waals surface area (Å²) in [7, 11) is 0. The topological polar surface area (TPSA) is 37.4 Å². The van der Waals surface area contributed by atoms with E-state index >= 15 is 0 Å². The van der Waals surface area contributed by atoms with Gasteiger partial charge >= 0.3 is 0 Å². The van der Waals surface area contributed by atoms with Crippen molar-refractivity contribution in [2.75, 3.05) is 31.1 Å². The number of pyridine rings is 1. The molecular weight excluding hydrogens is 226 g/mol. The van der Waals surface area contributed by atoms with Crippen LogP contribution in [0.1, 0.15) is 26.7 Å². The van der Waals surface area contributed by atoms with Gasteiger partial charge in [-0.25, -0.2) is 0 Å². The third-order valence-electron chi connectivity index (χ3n) is 3.32. The zero-order chi connectivity index (χ0) is 12.8. The Morgan fingerprint density at radius 2 is 2.28 bits per heavy atom. The second-order valence-corrected chi connectivity index (χ2v) is 4.81. The number of hydrogen-bond acceptors (Lipinski definition) is 4. The van der Waals surface area contributed by atoms with E-state index < -0.39 is 0 Å². The van der Waals surface area contributed by atoms with Gasteiger partial charge in [0.2, 0.25) is 0 Å². The van der Waals surface area contributed by atoms with Crippen LogP contribution in [-0.4, -0.2) is 37.3 Å². The second kappa shape index (κ2) is 6.59. The Kier molecular flexibility index (Phi) is 4.81. The molecule has 1 aliphatic rings. The minimum atomic E-state index is 0.243. The van der Waals surface area contributed by atoms with Gasteiger partial charge in [-0.05, 0) is 26.3 Å². The van der Waals surface area contributed by atoms with Crippen LogP contribution in [0.15, 0.2) is 18.5 Å². The van der Waals surface area contributed by atoms with E-state index in [1.54, 1.807) is 6.20 Å². The van der Waals surface area contributed by atoms with Crippen molar-refractivity contribution in [1.29, 1.82) is 0 Å². The van der Waals surface area contributed by atoms with Gasteiger partial charge in [-0.15, -0.1) is 0 Å². The van der Waals surface area contributed by atoms with Crippen molar-refractivity contribution in [2.45, 2.75) is 32.8 Å². The molecule has 100 valence electrons. The van der Waals surface area contributed by atoms with Gasteiger partial charge in [0.25, 0.3) is 0 Å². The maximum absolute atomic E-state index is 5.82. The van der Waals surface area contributed by atoms with Gasteiger partial charge in [-0.1, -0.05) is 6.92 Å². The summed E-state index contributed by atoms with van der Waals surface area (Å²) in [6.45, 7) is 8.48. The zero-order valence-electron chi connectivity index (χ0n) is 11.4. The van der Waals surface area contributed by atoms with Gasteiger partial charge in [0.05, 0.1) is 24.2 Å². The summed E-state index contributed by atoms with van der Waals surface area (Å²) < 4.78 is 5.82. The van der Waals surface area contributed by atoms with Gasteiger partial charge in [-0.3, -0.25) is 4.98 Å². The van der Waals surface area contributed by atoms with Gasteiger partial charge in [-0.2, -0.15) is 0 Å². The molecule has 1 saturated heterocycles. The number of nitrogens with zero attached hydrogens (tertiary/aromatic N) is 2. The molecule has 1 fully saturated rings. The first kappa shape index (κ1) is 13.1. The monoisotopic (exact) mass is 249 g/mol. The molecule has 0 amide bonds. The lowest BCUT2D eigenvalue weighted by Gasteiger charge is -2.22. The summed E-state index contributed by atoms with van der Waals surface area (Å²) in [6.07, 6.45) is 6.15. The van der Waals surface area contributed by atoms with E-state index in [1.807, 2.05) is 6.20 Å². The highest BCUT2D eigenvalue weighted by molar-refractivity contribution is 5.48. The standard InChI is InChI=1S/C14H23N3O/c1-3-12(2)18-14-9-13(10-16-11-14)17-7-4-5-15-6-8-17/h9-12,15H,3-8H2,1-2H3. The van der Waals surface area contributed by atoms with E-state index in [2.05, 4.69) is 35.1 Å². The predicted octanol–water partition coefficient (Wildman–Crippen LogP) is 2.06. The highest BCUT2D eigenvalue weighted by Gasteiger charge is 2.11. The van der Waals surface area contributed by atoms with Crippen LogP contribution in [0.2, 0.25) is 0 Å². The normalized spacial score (nSPS) is 18.2. The van der Waals surface area contributed by atoms with Gasteiger partial charge in [0, 0.05) is 25.7 Å². The zero-order valence-corrected chi connectivity index (χ0v) is 11.4. The summed E-state index contributed by atoms with van der Waals surface area (Å²) >= 11 is 0. The summed E-state index contributed by atoms with van der Waals surface area (Å²) in [5, 5.41) is 3.41. The molecule has 4 heteroatoms. The highest BCUT2D eigenvalue weighted by Crippen LogP contribution is 2.21. The van der Waals surface area contributed by atoms with E-state index in [9.17, 15) is 0 Å². The molecule has 1 aliphatic heterocycles. The number of ether oxygens (including phenoxy) is 1. The number of rotatable bonds is 4. The minimum Gasteiger partial charge on any atom is -0.489 e. The molecule has 0 saturated carbocycles. The van der Waals surface area contributed by atoms with Gasteiger partial charge in [0.15, 0.2) is 0 Å². The average Bonchev–Trinajstić information content (AvgIpc) is 2.68. The maximum Gasteiger partial charge on any atom is 0.140 e. The maximum atomic E-state index is 5.82. The first-order valence-electron chi connectivity index (χ1n) is 6.87. The minimum absolute atomic E-state index is 0.243. The van der Waals surface area contributed by atoms with E-state index in [0.717, 1.165) is 38.3 Å². The Balaban J connectivity index is 2.05. The molecule has 4 nitrogen and oxygen atoms in total. The summed E-state index contributed by atoms with van der Waals surface area (Å²) in [6, 6.07) is 2.10. The van der Waals surface area contributed by atoms with Crippen molar-refractivity contribution in [3.8, 4) is 5.75 Å². The third kappa shape index (κ3) is 3.60. The Hall–Kier alpha value is -1.29. The lowest BCUT2D eigenvalue weighted by Crippen LogP contribution is -2.27. The van der Waals surface area contributed by atoms with Gasteiger partial charge < -0.3 is 15.0 Å². The van der Waals surface area contributed by atoms with Gasteiger partial charge in [0.1, 0.15) is 5.75 Å². The Labute approximate surface area is 109 Å². The van der Waals surface area contributed by atoms with Crippen molar-refractivity contribution >= 4 is 5.69 Å². The molecule has 1 aromatic rings. The Morgan fingerprint density at radius 1 is 1.39 bits per heavy atom. The van der Waals surface area contributed by atoms with Crippen molar-refractivity contribution in [1.82, 2.24) is 10.3 Å². The van der Waals surface area contributed by atoms with E-state index in [4.69, 9.17) is 4.74 Å². The van der Waals surface area contributed by atoms with Crippen molar-refractivity contribution in [3.63, 3.8) is 0 Å². The molecule has 1 aromatic heterocycles. The SMILES string of the molecule is CCC(C)Oc1cncc(N2CCCNCC2)c1. The quantitative estimate of drug-likeness (QED) is 0.886. The molecule has 0 bridgehead atoms. The van der Waals surface area contributed by atoms with Crippen LogP contribution < -0.4 is 15.0 Å². The first-order chi connectivity index (χ1) is 8.79. The van der Waals surface area contributed by atoms with E-state index in [0.29, 0.717) is 0 Å². The third-order valence-corrected chi connectivity index (χ3v) is 3.32. The first-order valence-corrected chi connectivity index (χ1v) is 6.87. The molecule has 0 spiro atoms. The number of nitrogens with one attached hydrogen (secondary N) is 1. The van der Waals surface area contributed by atoms with Crippen LogP contribution in [0.5, 0.6) is 5.75 Å². The molecule has 0 aliphatic carbocycles. The fourth-order valence-electron chi connectivity index (χ4n) is 2.06. The van der Waals surface area contributed by atoms with Crippen molar-refractivity contribution < 1.29 is 4.74 Å². The molecule has 0 aromatic carbocycles. The van der Waals surface area contributed by atoms with Crippen LogP contribution in [-0.2, 0) is 0 Å². The summed E-state index contributed by atoms with van der Waals surface area (Å²) in [4.78, 5) is 6.66. The summed E-state index contributed by atoms with van der Waals surface area (Å²) in [5.41, 5.74) is 1.17. The predicted molar refractivity (Wildman–Crippen MR) is 74.3 cm³/mol. The summed E-state index contributed by atoms with van der Waals surface area (Å²) in [5.74, 6) is 0.874. The average molecular weight is 249 g/mol. The Morgan fingerprint density at radius 3 is 3.11 bits per heavy atom. The number of aromatic nitrogens is 1. The number of hydrogen-bond donors (Lipinski definition) is 1. The molecule has 18 heavy (non-hydrogen) atoms. The highest BCUT2D eigenvalue weighted by atomic mass is 16.5. The fourth-order valence-corrected chi connectivity index (χ4v) is 2.06. The lowest BCUT2D eigenvalue weighted by atomic mass is 10.3. The van der Waals surface area contributed by atoms with E-state index in [1.165, 1.54) is 12.1 Å². The largest absolute Gasteiger partial charge is 0.489 e. The van der Waals surface area contributed by atoms with Crippen LogP contribution in [0.25, 0.3) is 0 Å². The number of anilines is 1. The lowest BCUT2D eigenvalue weighted by molar-refractivity contribution is 0.216. The van der Waals surface area contributed by atoms with Crippen LogP contribution in [0.4, 0.5) is 5.69 Å². The van der Waals surface area contributed by atoms with Crippen LogP contribution >= 0.6 is 0 Å². The molecular formula is C14H23N3O.